The first-order valence-corrected chi connectivity index (χ1v) is 15.7. The van der Waals surface area contributed by atoms with Gasteiger partial charge < -0.3 is 20.4 Å². The van der Waals surface area contributed by atoms with Crippen molar-refractivity contribution in [1.29, 1.82) is 0 Å². The number of H-pyrrole nitrogens is 1. The first-order valence-electron chi connectivity index (χ1n) is 14.3. The summed E-state index contributed by atoms with van der Waals surface area (Å²) in [6.07, 6.45) is 2.62. The van der Waals surface area contributed by atoms with E-state index in [1.807, 2.05) is 38.1 Å². The van der Waals surface area contributed by atoms with E-state index in [0.717, 1.165) is 55.2 Å². The van der Waals surface area contributed by atoms with Crippen LogP contribution in [-0.4, -0.2) is 76.1 Å². The average molecular weight is 590 g/mol. The van der Waals surface area contributed by atoms with E-state index in [9.17, 15) is 18.0 Å². The number of benzene rings is 2. The van der Waals surface area contributed by atoms with Crippen LogP contribution >= 0.6 is 0 Å². The first-order chi connectivity index (χ1) is 20.2. The average Bonchev–Trinajstić information content (AvgIpc) is 3.63. The molecule has 10 nitrogen and oxygen atoms in total. The number of nitrogens with one attached hydrogen (secondary N) is 3. The maximum atomic E-state index is 13.7. The summed E-state index contributed by atoms with van der Waals surface area (Å²) >= 11 is 0. The molecule has 0 bridgehead atoms. The lowest BCUT2D eigenvalue weighted by Gasteiger charge is -2.26. The van der Waals surface area contributed by atoms with E-state index in [-0.39, 0.29) is 23.1 Å². The number of hydrogen-bond acceptors (Lipinski definition) is 6. The molecule has 220 valence electrons. The van der Waals surface area contributed by atoms with E-state index in [2.05, 4.69) is 20.5 Å². The van der Waals surface area contributed by atoms with Crippen LogP contribution in [0.15, 0.2) is 47.4 Å². The van der Waals surface area contributed by atoms with Gasteiger partial charge in [-0.2, -0.15) is 0 Å². The standard InChI is InChI=1S/C31H35N5O5S/c1-20-24(19-30(37)32-10-12-35-13-15-41-16-14-35)21(2)33-28(20)18-26-25-17-23(7-8-27(25)34-31(26)38)42(39,40)36-11-9-22-5-3-4-6-29(22)36/h3-8,17-18,33H,9-16,19H2,1-2H3,(H,32,37)(H,34,38). The lowest BCUT2D eigenvalue weighted by atomic mass is 10.0. The zero-order valence-electron chi connectivity index (χ0n) is 23.8. The Labute approximate surface area is 245 Å². The molecule has 1 saturated heterocycles. The Morgan fingerprint density at radius 1 is 1.10 bits per heavy atom. The van der Waals surface area contributed by atoms with Crippen LogP contribution in [0.2, 0.25) is 0 Å². The molecule has 0 aliphatic carbocycles. The number of hydrogen-bond donors (Lipinski definition) is 3. The number of ether oxygens (including phenoxy) is 1. The number of fused-ring (bicyclic) bond motifs is 2. The number of sulfonamides is 1. The molecule has 3 aromatic rings. The second kappa shape index (κ2) is 11.4. The molecule has 11 heteroatoms. The minimum Gasteiger partial charge on any atom is -0.379 e. The normalized spacial score (nSPS) is 17.8. The van der Waals surface area contributed by atoms with Crippen molar-refractivity contribution in [3.05, 3.63) is 76.1 Å². The second-order valence-electron chi connectivity index (χ2n) is 10.9. The summed E-state index contributed by atoms with van der Waals surface area (Å²) in [7, 11) is -3.82. The van der Waals surface area contributed by atoms with Crippen LogP contribution in [0.5, 0.6) is 0 Å². The van der Waals surface area contributed by atoms with Gasteiger partial charge in [0.05, 0.1) is 35.8 Å². The zero-order chi connectivity index (χ0) is 29.4. The molecule has 3 N–H and O–H groups in total. The molecular formula is C31H35N5O5S. The summed E-state index contributed by atoms with van der Waals surface area (Å²) in [6.45, 7) is 8.76. The van der Waals surface area contributed by atoms with Gasteiger partial charge in [0, 0.05) is 55.4 Å². The number of anilines is 2. The van der Waals surface area contributed by atoms with E-state index in [1.165, 1.54) is 10.4 Å². The Kier molecular flexibility index (Phi) is 7.65. The number of carbonyl (C=O) groups excluding carboxylic acids is 2. The highest BCUT2D eigenvalue weighted by Gasteiger charge is 2.33. The van der Waals surface area contributed by atoms with Gasteiger partial charge in [-0.15, -0.1) is 0 Å². The van der Waals surface area contributed by atoms with Crippen molar-refractivity contribution in [2.75, 3.05) is 55.6 Å². The molecule has 1 aromatic heterocycles. The Hall–Kier alpha value is -3.93. The van der Waals surface area contributed by atoms with Gasteiger partial charge in [0.2, 0.25) is 5.91 Å². The molecule has 0 atom stereocenters. The molecule has 0 unspecified atom stereocenters. The number of nitrogens with zero attached hydrogens (tertiary/aromatic N) is 2. The maximum Gasteiger partial charge on any atom is 0.264 e. The predicted molar refractivity (Wildman–Crippen MR) is 162 cm³/mol. The molecule has 6 rings (SSSR count). The fourth-order valence-corrected chi connectivity index (χ4v) is 7.46. The summed E-state index contributed by atoms with van der Waals surface area (Å²) < 4.78 is 34.1. The van der Waals surface area contributed by atoms with Crippen molar-refractivity contribution in [3.63, 3.8) is 0 Å². The molecule has 0 radical (unpaired) electrons. The quantitative estimate of drug-likeness (QED) is 0.347. The Bertz CT molecular complexity index is 1690. The molecule has 2 amide bonds. The van der Waals surface area contributed by atoms with Crippen molar-refractivity contribution < 1.29 is 22.7 Å². The van der Waals surface area contributed by atoms with Crippen molar-refractivity contribution in [2.45, 2.75) is 31.6 Å². The van der Waals surface area contributed by atoms with E-state index in [1.54, 1.807) is 18.2 Å². The minimum atomic E-state index is -3.82. The Morgan fingerprint density at radius 2 is 1.88 bits per heavy atom. The number of para-hydroxylation sites is 1. The minimum absolute atomic E-state index is 0.0602. The summed E-state index contributed by atoms with van der Waals surface area (Å²) in [5.41, 5.74) is 6.48. The molecule has 0 spiro atoms. The van der Waals surface area contributed by atoms with Crippen LogP contribution in [0.1, 0.15) is 33.6 Å². The van der Waals surface area contributed by atoms with Crippen molar-refractivity contribution in [3.8, 4) is 0 Å². The number of rotatable bonds is 8. The van der Waals surface area contributed by atoms with Crippen molar-refractivity contribution in [2.24, 2.45) is 0 Å². The second-order valence-corrected chi connectivity index (χ2v) is 12.8. The maximum absolute atomic E-state index is 13.7. The fraction of sp³-hybridized carbons (Fsp3) is 0.355. The van der Waals surface area contributed by atoms with Crippen LogP contribution in [0.3, 0.4) is 0 Å². The lowest BCUT2D eigenvalue weighted by Crippen LogP contribution is -2.41. The summed E-state index contributed by atoms with van der Waals surface area (Å²) in [5.74, 6) is -0.366. The van der Waals surface area contributed by atoms with Gasteiger partial charge in [-0.1, -0.05) is 18.2 Å². The van der Waals surface area contributed by atoms with Crippen LogP contribution in [0.4, 0.5) is 11.4 Å². The molecule has 4 heterocycles. The number of amides is 2. The number of aromatic nitrogens is 1. The Balaban J connectivity index is 1.21. The van der Waals surface area contributed by atoms with E-state index < -0.39 is 10.0 Å². The first kappa shape index (κ1) is 28.2. The highest BCUT2D eigenvalue weighted by Crippen LogP contribution is 2.38. The van der Waals surface area contributed by atoms with Crippen molar-refractivity contribution in [1.82, 2.24) is 15.2 Å². The Morgan fingerprint density at radius 3 is 2.69 bits per heavy atom. The van der Waals surface area contributed by atoms with Crippen LogP contribution in [0, 0.1) is 13.8 Å². The van der Waals surface area contributed by atoms with Gasteiger partial charge in [-0.3, -0.25) is 18.8 Å². The monoisotopic (exact) mass is 589 g/mol. The topological polar surface area (TPSA) is 124 Å². The summed E-state index contributed by atoms with van der Waals surface area (Å²) in [4.78, 5) is 31.5. The van der Waals surface area contributed by atoms with Gasteiger partial charge in [-0.05, 0) is 67.3 Å². The molecule has 2 aromatic carbocycles. The number of aromatic amines is 1. The molecule has 1 fully saturated rings. The fourth-order valence-electron chi connectivity index (χ4n) is 5.93. The molecular weight excluding hydrogens is 554 g/mol. The van der Waals surface area contributed by atoms with Crippen LogP contribution < -0.4 is 14.9 Å². The zero-order valence-corrected chi connectivity index (χ0v) is 24.6. The van der Waals surface area contributed by atoms with Gasteiger partial charge in [0.1, 0.15) is 0 Å². The smallest absolute Gasteiger partial charge is 0.264 e. The lowest BCUT2D eigenvalue weighted by molar-refractivity contribution is -0.120. The van der Waals surface area contributed by atoms with Crippen LogP contribution in [0.25, 0.3) is 11.6 Å². The van der Waals surface area contributed by atoms with E-state index >= 15 is 0 Å². The summed E-state index contributed by atoms with van der Waals surface area (Å²) in [5, 5.41) is 5.86. The largest absolute Gasteiger partial charge is 0.379 e. The third kappa shape index (κ3) is 5.35. The SMILES string of the molecule is Cc1[nH]c(C=C2C(=O)Nc3ccc(S(=O)(=O)N4CCc5ccccc54)cc32)c(C)c1CC(=O)NCCN1CCOCC1. The van der Waals surface area contributed by atoms with Crippen molar-refractivity contribution >= 4 is 44.9 Å². The molecule has 42 heavy (non-hydrogen) atoms. The van der Waals surface area contributed by atoms with E-state index in [0.29, 0.717) is 47.7 Å². The third-order valence-corrected chi connectivity index (χ3v) is 10.1. The number of morpholine rings is 1. The molecule has 3 aliphatic heterocycles. The van der Waals surface area contributed by atoms with Gasteiger partial charge >= 0.3 is 0 Å². The highest BCUT2D eigenvalue weighted by molar-refractivity contribution is 7.92. The number of carbonyl (C=O) groups is 2. The number of aryl methyl sites for hydroxylation is 1. The predicted octanol–water partition coefficient (Wildman–Crippen LogP) is 2.87. The van der Waals surface area contributed by atoms with Gasteiger partial charge in [0.15, 0.2) is 0 Å². The third-order valence-electron chi connectivity index (χ3n) is 8.32. The van der Waals surface area contributed by atoms with Crippen LogP contribution in [-0.2, 0) is 37.2 Å². The van der Waals surface area contributed by atoms with Gasteiger partial charge in [-0.25, -0.2) is 8.42 Å². The molecule has 3 aliphatic rings. The highest BCUT2D eigenvalue weighted by atomic mass is 32.2. The summed E-state index contributed by atoms with van der Waals surface area (Å²) in [6, 6.07) is 12.3. The molecule has 0 saturated carbocycles. The van der Waals surface area contributed by atoms with Gasteiger partial charge in [0.25, 0.3) is 15.9 Å². The van der Waals surface area contributed by atoms with E-state index in [4.69, 9.17) is 4.74 Å².